The van der Waals surface area contributed by atoms with Gasteiger partial charge >= 0.3 is 49.4 Å². The molecule has 0 aliphatic rings. The van der Waals surface area contributed by atoms with Gasteiger partial charge in [0.2, 0.25) is 0 Å². The van der Waals surface area contributed by atoms with Crippen LogP contribution in [0.5, 0.6) is 0 Å². The Hall–Kier alpha value is 2.35. The Kier molecular flexibility index (Phi) is 19.6. The second kappa shape index (κ2) is 12.1. The number of rotatable bonds is 1. The van der Waals surface area contributed by atoms with Crippen LogP contribution in [-0.2, 0) is 9.47 Å². The second-order valence-electron chi connectivity index (χ2n) is 1.15. The van der Waals surface area contributed by atoms with Crippen LogP contribution >= 0.6 is 52.6 Å². The van der Waals surface area contributed by atoms with Crippen LogP contribution in [-0.4, -0.2) is 11.8 Å². The molecule has 5 heteroatoms. The maximum atomic E-state index is 5.09. The van der Waals surface area contributed by atoms with E-state index in [0.717, 1.165) is 0 Å². The van der Waals surface area contributed by atoms with Crippen LogP contribution in [0.2, 0.25) is 0 Å². The zero-order chi connectivity index (χ0) is 6.99. The number of thiol groups is 1. The molecule has 0 heterocycles. The quantitative estimate of drug-likeness (QED) is 0.515. The van der Waals surface area contributed by atoms with E-state index in [0.29, 0.717) is 21.3 Å². The number of hydrogen-bond acceptors (Lipinski definition) is 2. The van der Waals surface area contributed by atoms with E-state index in [9.17, 15) is 0 Å². The first-order valence-electron chi connectivity index (χ1n) is 1.99. The first-order valence-corrected chi connectivity index (χ1v) is 11.5. The van der Waals surface area contributed by atoms with Crippen molar-refractivity contribution < 1.29 is 9.47 Å². The molecule has 0 saturated heterocycles. The third-order valence-corrected chi connectivity index (χ3v) is 0.552. The van der Waals surface area contributed by atoms with Crippen LogP contribution in [0.25, 0.3) is 0 Å². The SMILES string of the molecule is CC(S)CN.[I][V][I]. The van der Waals surface area contributed by atoms with E-state index in [1.165, 1.54) is 0 Å². The molecular formula is C3H9I2NSV. The first kappa shape index (κ1) is 13.0. The summed E-state index contributed by atoms with van der Waals surface area (Å²) in [6.45, 7) is 2.63. The molecule has 0 rings (SSSR count). The summed E-state index contributed by atoms with van der Waals surface area (Å²) in [6, 6.07) is 0. The van der Waals surface area contributed by atoms with Gasteiger partial charge in [-0.15, -0.1) is 0 Å². The molecule has 0 saturated carbocycles. The zero-order valence-electron chi connectivity index (χ0n) is 4.51. The molecule has 0 radical (unpaired) electrons. The van der Waals surface area contributed by atoms with Crippen molar-refractivity contribution in [2.75, 3.05) is 6.54 Å². The van der Waals surface area contributed by atoms with Crippen molar-refractivity contribution in [3.8, 4) is 0 Å². The molecule has 1 unspecified atom stereocenters. The Bertz CT molecular complexity index is 38.5. The van der Waals surface area contributed by atoms with Crippen LogP contribution in [0.1, 0.15) is 6.92 Å². The van der Waals surface area contributed by atoms with Gasteiger partial charge in [0.1, 0.15) is 0 Å². The molecule has 0 aromatic heterocycles. The van der Waals surface area contributed by atoms with Crippen molar-refractivity contribution in [1.29, 1.82) is 0 Å². The van der Waals surface area contributed by atoms with Crippen molar-refractivity contribution in [3.63, 3.8) is 0 Å². The normalized spacial score (nSPS) is 11.1. The van der Waals surface area contributed by atoms with Gasteiger partial charge in [-0.2, -0.15) is 12.6 Å². The van der Waals surface area contributed by atoms with Crippen molar-refractivity contribution in [2.45, 2.75) is 12.2 Å². The van der Waals surface area contributed by atoms with Gasteiger partial charge in [-0.3, -0.25) is 0 Å². The summed E-state index contributed by atoms with van der Waals surface area (Å²) < 4.78 is 0. The predicted octanol–water partition coefficient (Wildman–Crippen LogP) is 2.03. The Balaban J connectivity index is 0. The molecule has 0 fully saturated rings. The van der Waals surface area contributed by atoms with Crippen LogP contribution in [0, 0.1) is 0 Å². The van der Waals surface area contributed by atoms with Gasteiger partial charge in [0.05, 0.1) is 0 Å². The van der Waals surface area contributed by atoms with E-state index in [1.54, 1.807) is 0 Å². The molecule has 0 aliphatic carbocycles. The molecule has 0 amide bonds. The molecule has 2 N–H and O–H groups in total. The average molecular weight is 396 g/mol. The third-order valence-electron chi connectivity index (χ3n) is 0.341. The van der Waals surface area contributed by atoms with E-state index in [-0.39, 0.29) is 0 Å². The van der Waals surface area contributed by atoms with Crippen molar-refractivity contribution in [3.05, 3.63) is 0 Å². The Labute approximate surface area is 85.2 Å². The number of nitrogens with two attached hydrogens (primary N) is 1. The summed E-state index contributed by atoms with van der Waals surface area (Å²) in [6.07, 6.45) is 0. The van der Waals surface area contributed by atoms with Gasteiger partial charge < -0.3 is 5.73 Å². The summed E-state index contributed by atoms with van der Waals surface area (Å²) in [4.78, 5) is 0. The van der Waals surface area contributed by atoms with Gasteiger partial charge in [-0.1, -0.05) is 6.92 Å². The predicted molar refractivity (Wildman–Crippen MR) is 55.5 cm³/mol. The topological polar surface area (TPSA) is 26.0 Å². The fourth-order valence-electron chi connectivity index (χ4n) is 0. The van der Waals surface area contributed by atoms with E-state index in [4.69, 9.17) is 5.73 Å². The summed E-state index contributed by atoms with van der Waals surface area (Å²) >= 11 is 8.71. The maximum absolute atomic E-state index is 5.09. The van der Waals surface area contributed by atoms with E-state index in [2.05, 4.69) is 52.6 Å². The van der Waals surface area contributed by atoms with Crippen LogP contribution in [0.4, 0.5) is 0 Å². The average Bonchev–Trinajstić information content (AvgIpc) is 1.69. The van der Waals surface area contributed by atoms with Crippen LogP contribution < -0.4 is 5.73 Å². The Morgan fingerprint density at radius 3 is 1.88 bits per heavy atom. The number of halogens is 2. The molecule has 8 heavy (non-hydrogen) atoms. The van der Waals surface area contributed by atoms with Crippen molar-refractivity contribution in [1.82, 2.24) is 0 Å². The summed E-state index contributed by atoms with van der Waals surface area (Å²) in [5.41, 5.74) is 5.09. The van der Waals surface area contributed by atoms with Crippen molar-refractivity contribution in [2.24, 2.45) is 5.73 Å². The standard InChI is InChI=1S/C3H9NS.2HI.V/c1-3(5)2-4;;;/h3,5H,2,4H2,1H3;2*1H;/q;;;+2/p-2. The minimum atomic E-state index is 0.356. The zero-order valence-corrected chi connectivity index (χ0v) is 11.1. The van der Waals surface area contributed by atoms with Crippen molar-refractivity contribution >= 4 is 52.6 Å². The minimum absolute atomic E-state index is 0.356. The molecule has 0 aromatic carbocycles. The molecule has 0 aromatic rings. The first-order chi connectivity index (χ1) is 3.68. The summed E-state index contributed by atoms with van der Waals surface area (Å²) in [5.74, 6) is 0. The molecule has 1 nitrogen and oxygen atoms in total. The fourth-order valence-corrected chi connectivity index (χ4v) is 0. The molecule has 51 valence electrons. The van der Waals surface area contributed by atoms with Gasteiger partial charge in [-0.05, 0) is 0 Å². The Morgan fingerprint density at radius 1 is 1.75 bits per heavy atom. The Morgan fingerprint density at radius 2 is 1.88 bits per heavy atom. The van der Waals surface area contributed by atoms with Gasteiger partial charge in [0.15, 0.2) is 0 Å². The molecular weight excluding hydrogens is 387 g/mol. The summed E-state index contributed by atoms with van der Waals surface area (Å²) in [7, 11) is 0.628. The van der Waals surface area contributed by atoms with Crippen LogP contribution in [0.3, 0.4) is 0 Å². The molecule has 1 atom stereocenters. The van der Waals surface area contributed by atoms with Crippen LogP contribution in [0.15, 0.2) is 0 Å². The van der Waals surface area contributed by atoms with E-state index >= 15 is 0 Å². The number of hydrogen-bond donors (Lipinski definition) is 2. The van der Waals surface area contributed by atoms with E-state index < -0.39 is 0 Å². The molecule has 0 aliphatic heterocycles. The van der Waals surface area contributed by atoms with Gasteiger partial charge in [-0.25, -0.2) is 0 Å². The van der Waals surface area contributed by atoms with E-state index in [1.807, 2.05) is 6.92 Å². The molecule has 0 spiro atoms. The summed E-state index contributed by atoms with van der Waals surface area (Å²) in [5, 5.41) is 0.356. The van der Waals surface area contributed by atoms with Gasteiger partial charge in [0, 0.05) is 11.8 Å². The molecule has 0 bridgehead atoms. The fraction of sp³-hybridized carbons (Fsp3) is 1.00. The third kappa shape index (κ3) is 23.8. The monoisotopic (exact) mass is 396 g/mol. The van der Waals surface area contributed by atoms with Gasteiger partial charge in [0.25, 0.3) is 0 Å². The second-order valence-corrected chi connectivity index (χ2v) is 13.8.